The van der Waals surface area contributed by atoms with Gasteiger partial charge in [-0.05, 0) is 20.3 Å². The Balaban J connectivity index is 1.69. The van der Waals surface area contributed by atoms with Crippen molar-refractivity contribution in [1.82, 2.24) is 20.4 Å². The van der Waals surface area contributed by atoms with Crippen LogP contribution in [0.1, 0.15) is 20.3 Å². The summed E-state index contributed by atoms with van der Waals surface area (Å²) in [5.41, 5.74) is 0. The van der Waals surface area contributed by atoms with Crippen LogP contribution < -0.4 is 10.6 Å². The molecule has 1 saturated heterocycles. The number of carbonyl (C=O) groups is 2. The molecule has 6 nitrogen and oxygen atoms in total. The van der Waals surface area contributed by atoms with E-state index < -0.39 is 10.8 Å². The molecule has 0 saturated carbocycles. The number of halogens is 1. The Hall–Kier alpha value is -1.21. The lowest BCUT2D eigenvalue weighted by Gasteiger charge is -2.32. The van der Waals surface area contributed by atoms with Gasteiger partial charge in [-0.2, -0.15) is 5.10 Å². The summed E-state index contributed by atoms with van der Waals surface area (Å²) in [6.07, 6.45) is 4.07. The molecule has 1 aromatic heterocycles. The Morgan fingerprint density at radius 3 is 3.05 bits per heavy atom. The summed E-state index contributed by atoms with van der Waals surface area (Å²) in [7, 11) is 0. The SMILES string of the molecule is CC1(C)SC[C@H](C(=O)NCCCn2cc(Cl)cn2)NC1=O. The van der Waals surface area contributed by atoms with Crippen LogP contribution in [0.25, 0.3) is 0 Å². The summed E-state index contributed by atoms with van der Waals surface area (Å²) in [6, 6.07) is -0.449. The lowest BCUT2D eigenvalue weighted by Crippen LogP contribution is -2.57. The molecule has 2 N–H and O–H groups in total. The second kappa shape index (κ2) is 6.70. The average Bonchev–Trinajstić information content (AvgIpc) is 2.83. The number of carbonyl (C=O) groups excluding carboxylic acids is 2. The molecule has 0 bridgehead atoms. The lowest BCUT2D eigenvalue weighted by atomic mass is 10.1. The van der Waals surface area contributed by atoms with E-state index in [1.54, 1.807) is 17.1 Å². The van der Waals surface area contributed by atoms with E-state index in [0.29, 0.717) is 23.9 Å². The average molecular weight is 331 g/mol. The fourth-order valence-corrected chi connectivity index (χ4v) is 3.07. The van der Waals surface area contributed by atoms with Gasteiger partial charge in [0.2, 0.25) is 11.8 Å². The maximum absolute atomic E-state index is 12.0. The fraction of sp³-hybridized carbons (Fsp3) is 0.615. The molecule has 0 aliphatic carbocycles. The van der Waals surface area contributed by atoms with E-state index in [4.69, 9.17) is 11.6 Å². The molecule has 21 heavy (non-hydrogen) atoms. The summed E-state index contributed by atoms with van der Waals surface area (Å²) >= 11 is 7.27. The largest absolute Gasteiger partial charge is 0.354 e. The van der Waals surface area contributed by atoms with Gasteiger partial charge in [0.1, 0.15) is 6.04 Å². The monoisotopic (exact) mass is 330 g/mol. The number of nitrogens with one attached hydrogen (secondary N) is 2. The first-order valence-corrected chi connectivity index (χ1v) is 8.15. The van der Waals surface area contributed by atoms with Crippen molar-refractivity contribution in [3.05, 3.63) is 17.4 Å². The van der Waals surface area contributed by atoms with Crippen LogP contribution in [0.4, 0.5) is 0 Å². The van der Waals surface area contributed by atoms with E-state index >= 15 is 0 Å². The minimum atomic E-state index is -0.462. The van der Waals surface area contributed by atoms with Gasteiger partial charge in [0.05, 0.1) is 16.0 Å². The summed E-state index contributed by atoms with van der Waals surface area (Å²) in [6.45, 7) is 4.94. The third-order valence-corrected chi connectivity index (χ3v) is 4.85. The predicted octanol–water partition coefficient (Wildman–Crippen LogP) is 1.05. The van der Waals surface area contributed by atoms with Crippen LogP contribution in [0.15, 0.2) is 12.4 Å². The third-order valence-electron chi connectivity index (χ3n) is 3.24. The number of aromatic nitrogens is 2. The molecule has 2 rings (SSSR count). The van der Waals surface area contributed by atoms with Crippen LogP contribution in [0, 0.1) is 0 Å². The number of hydrogen-bond acceptors (Lipinski definition) is 4. The van der Waals surface area contributed by atoms with Crippen LogP contribution in [0.5, 0.6) is 0 Å². The Labute approximate surface area is 133 Å². The van der Waals surface area contributed by atoms with Gasteiger partial charge < -0.3 is 10.6 Å². The van der Waals surface area contributed by atoms with E-state index in [-0.39, 0.29) is 11.8 Å². The van der Waals surface area contributed by atoms with E-state index in [1.807, 2.05) is 13.8 Å². The van der Waals surface area contributed by atoms with Crippen molar-refractivity contribution >= 4 is 35.2 Å². The number of hydrogen-bond donors (Lipinski definition) is 2. The van der Waals surface area contributed by atoms with Crippen molar-refractivity contribution in [2.45, 2.75) is 37.6 Å². The van der Waals surface area contributed by atoms with Crippen molar-refractivity contribution in [3.8, 4) is 0 Å². The first-order chi connectivity index (χ1) is 9.88. The Bertz CT molecular complexity index is 532. The van der Waals surface area contributed by atoms with Gasteiger partial charge in [0.15, 0.2) is 0 Å². The zero-order valence-corrected chi connectivity index (χ0v) is 13.6. The van der Waals surface area contributed by atoms with Crippen molar-refractivity contribution < 1.29 is 9.59 Å². The van der Waals surface area contributed by atoms with Crippen LogP contribution in [0.3, 0.4) is 0 Å². The highest BCUT2D eigenvalue weighted by molar-refractivity contribution is 8.01. The van der Waals surface area contributed by atoms with E-state index in [0.717, 1.165) is 6.42 Å². The smallest absolute Gasteiger partial charge is 0.243 e. The highest BCUT2D eigenvalue weighted by atomic mass is 35.5. The van der Waals surface area contributed by atoms with Gasteiger partial charge in [-0.25, -0.2) is 0 Å². The second-order valence-electron chi connectivity index (χ2n) is 5.41. The summed E-state index contributed by atoms with van der Waals surface area (Å²) in [4.78, 5) is 23.8. The van der Waals surface area contributed by atoms with Gasteiger partial charge in [0.25, 0.3) is 0 Å². The molecule has 2 amide bonds. The number of aryl methyl sites for hydroxylation is 1. The summed E-state index contributed by atoms with van der Waals surface area (Å²) < 4.78 is 1.27. The molecule has 1 atom stereocenters. The molecule has 0 aromatic carbocycles. The molecule has 1 fully saturated rings. The predicted molar refractivity (Wildman–Crippen MR) is 83.3 cm³/mol. The van der Waals surface area contributed by atoms with Gasteiger partial charge in [-0.3, -0.25) is 14.3 Å². The topological polar surface area (TPSA) is 76.0 Å². The Kier molecular flexibility index (Phi) is 5.16. The highest BCUT2D eigenvalue weighted by Crippen LogP contribution is 2.28. The molecule has 0 unspecified atom stereocenters. The second-order valence-corrected chi connectivity index (χ2v) is 7.49. The van der Waals surface area contributed by atoms with E-state index in [2.05, 4.69) is 15.7 Å². The minimum absolute atomic E-state index is 0.0925. The highest BCUT2D eigenvalue weighted by Gasteiger charge is 2.37. The van der Waals surface area contributed by atoms with Crippen molar-refractivity contribution in [3.63, 3.8) is 0 Å². The molecule has 0 spiro atoms. The molecule has 116 valence electrons. The molecule has 0 radical (unpaired) electrons. The molecule has 2 heterocycles. The third kappa shape index (κ3) is 4.38. The van der Waals surface area contributed by atoms with Crippen LogP contribution >= 0.6 is 23.4 Å². The molecule has 1 aromatic rings. The number of nitrogens with zero attached hydrogens (tertiary/aromatic N) is 2. The number of rotatable bonds is 5. The van der Waals surface area contributed by atoms with Crippen molar-refractivity contribution in [2.24, 2.45) is 0 Å². The quantitative estimate of drug-likeness (QED) is 0.791. The maximum atomic E-state index is 12.0. The van der Waals surface area contributed by atoms with Gasteiger partial charge >= 0.3 is 0 Å². The minimum Gasteiger partial charge on any atom is -0.354 e. The molecular formula is C13H19ClN4O2S. The zero-order valence-electron chi connectivity index (χ0n) is 12.1. The molecular weight excluding hydrogens is 312 g/mol. The van der Waals surface area contributed by atoms with Crippen molar-refractivity contribution in [2.75, 3.05) is 12.3 Å². The van der Waals surface area contributed by atoms with Crippen LogP contribution in [-0.4, -0.2) is 44.7 Å². The fourth-order valence-electron chi connectivity index (χ4n) is 1.91. The van der Waals surface area contributed by atoms with Gasteiger partial charge in [-0.1, -0.05) is 11.6 Å². The summed E-state index contributed by atoms with van der Waals surface area (Å²) in [5, 5.41) is 10.3. The van der Waals surface area contributed by atoms with Gasteiger partial charge in [-0.15, -0.1) is 11.8 Å². The number of thioether (sulfide) groups is 1. The van der Waals surface area contributed by atoms with Gasteiger partial charge in [0, 0.05) is 25.0 Å². The normalized spacial score (nSPS) is 20.9. The summed E-state index contributed by atoms with van der Waals surface area (Å²) in [5.74, 6) is 0.370. The standard InChI is InChI=1S/C13H19ClN4O2S/c1-13(2)12(20)17-10(8-21-13)11(19)15-4-3-5-18-7-9(14)6-16-18/h6-7,10H,3-5,8H2,1-2H3,(H,15,19)(H,17,20)/t10-/m1/s1. The Morgan fingerprint density at radius 1 is 1.67 bits per heavy atom. The van der Waals surface area contributed by atoms with Crippen molar-refractivity contribution in [1.29, 1.82) is 0 Å². The van der Waals surface area contributed by atoms with E-state index in [9.17, 15) is 9.59 Å². The molecule has 1 aliphatic rings. The first-order valence-electron chi connectivity index (χ1n) is 6.79. The van der Waals surface area contributed by atoms with E-state index in [1.165, 1.54) is 11.8 Å². The number of amides is 2. The Morgan fingerprint density at radius 2 is 2.43 bits per heavy atom. The maximum Gasteiger partial charge on any atom is 0.243 e. The van der Waals surface area contributed by atoms with Crippen LogP contribution in [0.2, 0.25) is 5.02 Å². The molecule has 8 heteroatoms. The lowest BCUT2D eigenvalue weighted by molar-refractivity contribution is -0.129. The zero-order chi connectivity index (χ0) is 15.5. The van der Waals surface area contributed by atoms with Crippen LogP contribution in [-0.2, 0) is 16.1 Å². The first kappa shape index (κ1) is 16.2. The molecule has 1 aliphatic heterocycles.